The maximum atomic E-state index is 9.75. The first-order chi connectivity index (χ1) is 9.47. The molecular weight excluding hydrogens is 363 g/mol. The monoisotopic (exact) mass is 374 g/mol. The van der Waals surface area contributed by atoms with Gasteiger partial charge in [-0.1, -0.05) is 45.2 Å². The second-order valence-corrected chi connectivity index (χ2v) is 6.14. The Morgan fingerprint density at radius 2 is 1.95 bits per heavy atom. The minimum atomic E-state index is -0.649. The standard InChI is InChI=1S/C15H13BrCl2O2/c1-9(19)13-7-12(17)4-5-15(13)20-8-10-2-3-11(16)6-14(10)18/h2-7,9,19H,8H2,1H3/t9-/m1/s1. The fourth-order valence-electron chi connectivity index (χ4n) is 1.77. The van der Waals surface area contributed by atoms with Crippen LogP contribution in [-0.4, -0.2) is 5.11 Å². The highest BCUT2D eigenvalue weighted by Gasteiger charge is 2.11. The lowest BCUT2D eigenvalue weighted by Gasteiger charge is -2.14. The molecule has 0 bridgehead atoms. The number of benzene rings is 2. The normalized spacial score (nSPS) is 12.2. The first-order valence-corrected chi connectivity index (χ1v) is 7.56. The number of aliphatic hydroxyl groups excluding tert-OH is 1. The van der Waals surface area contributed by atoms with Crippen molar-refractivity contribution in [2.45, 2.75) is 19.6 Å². The van der Waals surface area contributed by atoms with Crippen LogP contribution < -0.4 is 4.74 Å². The second kappa shape index (κ2) is 6.81. The van der Waals surface area contributed by atoms with Crippen LogP contribution in [0.5, 0.6) is 5.75 Å². The van der Waals surface area contributed by atoms with Crippen LogP contribution in [0.3, 0.4) is 0 Å². The Morgan fingerprint density at radius 3 is 2.60 bits per heavy atom. The van der Waals surface area contributed by atoms with E-state index < -0.39 is 6.10 Å². The number of rotatable bonds is 4. The molecule has 0 aliphatic rings. The Bertz CT molecular complexity index is 615. The van der Waals surface area contributed by atoms with Crippen molar-refractivity contribution in [3.63, 3.8) is 0 Å². The summed E-state index contributed by atoms with van der Waals surface area (Å²) in [5, 5.41) is 10.9. The maximum absolute atomic E-state index is 9.75. The number of hydrogen-bond acceptors (Lipinski definition) is 2. The molecule has 1 atom stereocenters. The molecule has 0 aliphatic carbocycles. The third-order valence-electron chi connectivity index (χ3n) is 2.82. The molecule has 0 radical (unpaired) electrons. The van der Waals surface area contributed by atoms with E-state index in [-0.39, 0.29) is 0 Å². The van der Waals surface area contributed by atoms with Gasteiger partial charge in [0.2, 0.25) is 0 Å². The van der Waals surface area contributed by atoms with Gasteiger partial charge >= 0.3 is 0 Å². The molecule has 0 aromatic heterocycles. The molecule has 0 spiro atoms. The first kappa shape index (κ1) is 15.6. The summed E-state index contributed by atoms with van der Waals surface area (Å²) in [6, 6.07) is 10.8. The Kier molecular flexibility index (Phi) is 5.33. The zero-order valence-electron chi connectivity index (χ0n) is 10.7. The van der Waals surface area contributed by atoms with E-state index in [4.69, 9.17) is 27.9 Å². The molecule has 0 fully saturated rings. The number of hydrogen-bond donors (Lipinski definition) is 1. The van der Waals surface area contributed by atoms with Gasteiger partial charge in [-0.2, -0.15) is 0 Å². The molecule has 0 heterocycles. The van der Waals surface area contributed by atoms with Crippen LogP contribution in [0.15, 0.2) is 40.9 Å². The molecule has 0 saturated heterocycles. The summed E-state index contributed by atoms with van der Waals surface area (Å²) >= 11 is 15.4. The van der Waals surface area contributed by atoms with Crippen molar-refractivity contribution in [3.05, 3.63) is 62.0 Å². The van der Waals surface area contributed by atoms with Crippen molar-refractivity contribution in [1.29, 1.82) is 0 Å². The molecular formula is C15H13BrCl2O2. The van der Waals surface area contributed by atoms with Gasteiger partial charge in [0.05, 0.1) is 6.10 Å². The minimum Gasteiger partial charge on any atom is -0.488 e. The molecule has 0 unspecified atom stereocenters. The Balaban J connectivity index is 2.18. The Hall–Kier alpha value is -0.740. The van der Waals surface area contributed by atoms with Crippen molar-refractivity contribution in [2.24, 2.45) is 0 Å². The summed E-state index contributed by atoms with van der Waals surface area (Å²) in [6.07, 6.45) is -0.649. The van der Waals surface area contributed by atoms with Crippen LogP contribution in [0, 0.1) is 0 Å². The van der Waals surface area contributed by atoms with Gasteiger partial charge in [0.15, 0.2) is 0 Å². The molecule has 20 heavy (non-hydrogen) atoms. The molecule has 2 rings (SSSR count). The molecule has 0 saturated carbocycles. The SMILES string of the molecule is C[C@@H](O)c1cc(Cl)ccc1OCc1ccc(Br)cc1Cl. The highest BCUT2D eigenvalue weighted by molar-refractivity contribution is 9.10. The highest BCUT2D eigenvalue weighted by Crippen LogP contribution is 2.30. The summed E-state index contributed by atoms with van der Waals surface area (Å²) in [6.45, 7) is 2.00. The van der Waals surface area contributed by atoms with Gasteiger partial charge < -0.3 is 9.84 Å². The van der Waals surface area contributed by atoms with Crippen molar-refractivity contribution in [1.82, 2.24) is 0 Å². The smallest absolute Gasteiger partial charge is 0.125 e. The van der Waals surface area contributed by atoms with Gasteiger partial charge in [-0.3, -0.25) is 0 Å². The number of aliphatic hydroxyl groups is 1. The fraction of sp³-hybridized carbons (Fsp3) is 0.200. The lowest BCUT2D eigenvalue weighted by atomic mass is 10.1. The lowest BCUT2D eigenvalue weighted by Crippen LogP contribution is -2.01. The average molecular weight is 376 g/mol. The van der Waals surface area contributed by atoms with E-state index in [1.165, 1.54) is 0 Å². The zero-order chi connectivity index (χ0) is 14.7. The number of halogens is 3. The van der Waals surface area contributed by atoms with Crippen LogP contribution >= 0.6 is 39.1 Å². The van der Waals surface area contributed by atoms with Crippen LogP contribution in [0.25, 0.3) is 0 Å². The van der Waals surface area contributed by atoms with Crippen molar-refractivity contribution in [3.8, 4) is 5.75 Å². The van der Waals surface area contributed by atoms with E-state index in [0.29, 0.717) is 28.0 Å². The van der Waals surface area contributed by atoms with E-state index >= 15 is 0 Å². The molecule has 0 amide bonds. The first-order valence-electron chi connectivity index (χ1n) is 6.01. The van der Waals surface area contributed by atoms with E-state index in [1.807, 2.05) is 18.2 Å². The van der Waals surface area contributed by atoms with Gasteiger partial charge in [-0.05, 0) is 37.3 Å². The fourth-order valence-corrected chi connectivity index (χ4v) is 2.68. The molecule has 2 nitrogen and oxygen atoms in total. The number of ether oxygens (including phenoxy) is 1. The highest BCUT2D eigenvalue weighted by atomic mass is 79.9. The minimum absolute atomic E-state index is 0.327. The Labute approximate surface area is 136 Å². The summed E-state index contributed by atoms with van der Waals surface area (Å²) in [5.74, 6) is 0.600. The summed E-state index contributed by atoms with van der Waals surface area (Å²) in [7, 11) is 0. The molecule has 2 aromatic carbocycles. The van der Waals surface area contributed by atoms with Crippen LogP contribution in [0.4, 0.5) is 0 Å². The third kappa shape index (κ3) is 3.89. The van der Waals surface area contributed by atoms with E-state index in [9.17, 15) is 5.11 Å². The predicted molar refractivity (Wildman–Crippen MR) is 85.6 cm³/mol. The topological polar surface area (TPSA) is 29.5 Å². The summed E-state index contributed by atoms with van der Waals surface area (Å²) in [5.41, 5.74) is 1.53. The molecule has 5 heteroatoms. The van der Waals surface area contributed by atoms with E-state index in [0.717, 1.165) is 10.0 Å². The lowest BCUT2D eigenvalue weighted by molar-refractivity contribution is 0.190. The van der Waals surface area contributed by atoms with Crippen LogP contribution in [0.2, 0.25) is 10.0 Å². The zero-order valence-corrected chi connectivity index (χ0v) is 13.8. The van der Waals surface area contributed by atoms with Crippen LogP contribution in [0.1, 0.15) is 24.2 Å². The summed E-state index contributed by atoms with van der Waals surface area (Å²) < 4.78 is 6.66. The van der Waals surface area contributed by atoms with E-state index in [1.54, 1.807) is 25.1 Å². The Morgan fingerprint density at radius 1 is 1.20 bits per heavy atom. The maximum Gasteiger partial charge on any atom is 0.125 e. The van der Waals surface area contributed by atoms with Crippen molar-refractivity contribution < 1.29 is 9.84 Å². The second-order valence-electron chi connectivity index (χ2n) is 4.38. The molecule has 1 N–H and O–H groups in total. The van der Waals surface area contributed by atoms with Gasteiger partial charge in [0.1, 0.15) is 12.4 Å². The predicted octanol–water partition coefficient (Wildman–Crippen LogP) is 5.39. The quantitative estimate of drug-likeness (QED) is 0.776. The third-order valence-corrected chi connectivity index (χ3v) is 3.90. The molecule has 2 aromatic rings. The van der Waals surface area contributed by atoms with Gasteiger partial charge in [0.25, 0.3) is 0 Å². The average Bonchev–Trinajstić information content (AvgIpc) is 2.38. The van der Waals surface area contributed by atoms with E-state index in [2.05, 4.69) is 15.9 Å². The molecule has 0 aliphatic heterocycles. The van der Waals surface area contributed by atoms with Crippen molar-refractivity contribution >= 4 is 39.1 Å². The van der Waals surface area contributed by atoms with Crippen molar-refractivity contribution in [2.75, 3.05) is 0 Å². The van der Waals surface area contributed by atoms with Gasteiger partial charge in [-0.15, -0.1) is 0 Å². The molecule has 106 valence electrons. The van der Waals surface area contributed by atoms with Gasteiger partial charge in [-0.25, -0.2) is 0 Å². The van der Waals surface area contributed by atoms with Crippen LogP contribution in [-0.2, 0) is 6.61 Å². The summed E-state index contributed by atoms with van der Waals surface area (Å²) in [4.78, 5) is 0. The van der Waals surface area contributed by atoms with Gasteiger partial charge in [0, 0.05) is 25.6 Å². The largest absolute Gasteiger partial charge is 0.488 e.